The first-order valence-corrected chi connectivity index (χ1v) is 7.22. The molecule has 3 N–H and O–H groups in total. The molecule has 1 unspecified atom stereocenters. The maximum Gasteiger partial charge on any atom is 0.256 e. The van der Waals surface area contributed by atoms with E-state index in [2.05, 4.69) is 19.9 Å². The van der Waals surface area contributed by atoms with E-state index >= 15 is 0 Å². The van der Waals surface area contributed by atoms with E-state index in [1.54, 1.807) is 20.8 Å². The van der Waals surface area contributed by atoms with Crippen molar-refractivity contribution < 1.29 is 8.42 Å². The average molecular weight is 289 g/mol. The van der Waals surface area contributed by atoms with Gasteiger partial charge in [0.2, 0.25) is 10.0 Å². The Balaban J connectivity index is 3.01. The molecular formula is C9H15N5O2S2. The molecule has 0 aliphatic heterocycles. The van der Waals surface area contributed by atoms with Gasteiger partial charge in [0.05, 0.1) is 16.4 Å². The van der Waals surface area contributed by atoms with Gasteiger partial charge in [0.1, 0.15) is 5.25 Å². The van der Waals surface area contributed by atoms with E-state index in [1.807, 2.05) is 0 Å². The number of thiocarbonyl (C=S) groups is 1. The number of rotatable bonds is 5. The van der Waals surface area contributed by atoms with Crippen molar-refractivity contribution in [1.82, 2.24) is 15.2 Å². The van der Waals surface area contributed by atoms with Crippen LogP contribution in [0, 0.1) is 13.8 Å². The van der Waals surface area contributed by atoms with Crippen molar-refractivity contribution in [2.24, 2.45) is 5.73 Å². The van der Waals surface area contributed by atoms with Crippen molar-refractivity contribution in [3.8, 4) is 0 Å². The molecule has 0 fully saturated rings. The Hall–Kier alpha value is -1.35. The topological polar surface area (TPSA) is 111 Å². The van der Waals surface area contributed by atoms with E-state index in [1.165, 1.54) is 0 Å². The Labute approximate surface area is 111 Å². The Morgan fingerprint density at radius 2 is 2.00 bits per heavy atom. The van der Waals surface area contributed by atoms with E-state index in [9.17, 15) is 8.42 Å². The van der Waals surface area contributed by atoms with Crippen LogP contribution in [0.2, 0.25) is 0 Å². The predicted octanol–water partition coefficient (Wildman–Crippen LogP) is 0.295. The number of nitrogens with zero attached hydrogens (tertiary/aromatic N) is 3. The molecular weight excluding hydrogens is 274 g/mol. The zero-order valence-corrected chi connectivity index (χ0v) is 12.0. The molecule has 0 radical (unpaired) electrons. The molecule has 0 aromatic carbocycles. The fraction of sp³-hybridized carbons (Fsp3) is 0.556. The first-order valence-electron chi connectivity index (χ1n) is 5.26. The summed E-state index contributed by atoms with van der Waals surface area (Å²) < 4.78 is 26.2. The maximum atomic E-state index is 12.0. The molecule has 9 heteroatoms. The maximum absolute atomic E-state index is 12.0. The number of aryl methyl sites for hydroxylation is 2. The largest absolute Gasteiger partial charge is 0.392 e. The molecule has 18 heavy (non-hydrogen) atoms. The second-order valence-electron chi connectivity index (χ2n) is 3.75. The lowest BCUT2D eigenvalue weighted by atomic mass is 10.3. The van der Waals surface area contributed by atoms with Crippen molar-refractivity contribution in [2.75, 3.05) is 4.72 Å². The molecule has 1 aromatic rings. The minimum atomic E-state index is -3.74. The fourth-order valence-corrected chi connectivity index (χ4v) is 3.05. The van der Waals surface area contributed by atoms with Crippen LogP contribution in [0.3, 0.4) is 0 Å². The van der Waals surface area contributed by atoms with Gasteiger partial charge in [-0.3, -0.25) is 0 Å². The highest BCUT2D eigenvalue weighted by Crippen LogP contribution is 2.11. The first kappa shape index (κ1) is 14.7. The number of hydrogen-bond donors (Lipinski definition) is 2. The highest BCUT2D eigenvalue weighted by molar-refractivity contribution is 7.95. The Bertz CT molecular complexity index is 558. The summed E-state index contributed by atoms with van der Waals surface area (Å²) in [6.07, 6.45) is 0.281. The van der Waals surface area contributed by atoms with Crippen LogP contribution < -0.4 is 10.5 Å². The molecule has 0 aliphatic rings. The summed E-state index contributed by atoms with van der Waals surface area (Å²) in [5.41, 5.74) is 6.64. The monoisotopic (exact) mass is 289 g/mol. The summed E-state index contributed by atoms with van der Waals surface area (Å²) in [6.45, 7) is 5.13. The van der Waals surface area contributed by atoms with Gasteiger partial charge in [-0.15, -0.1) is 5.10 Å². The molecule has 1 heterocycles. The van der Waals surface area contributed by atoms with Crippen LogP contribution in [0.4, 0.5) is 5.95 Å². The molecule has 1 aromatic heterocycles. The van der Waals surface area contributed by atoms with Crippen molar-refractivity contribution in [1.29, 1.82) is 0 Å². The van der Waals surface area contributed by atoms with Crippen molar-refractivity contribution in [3.05, 3.63) is 11.4 Å². The lowest BCUT2D eigenvalue weighted by molar-refractivity contribution is 0.594. The number of aromatic nitrogens is 3. The average Bonchev–Trinajstić information content (AvgIpc) is 2.22. The highest BCUT2D eigenvalue weighted by Gasteiger charge is 2.27. The van der Waals surface area contributed by atoms with Crippen LogP contribution in [-0.4, -0.2) is 33.8 Å². The quantitative estimate of drug-likeness (QED) is 0.750. The smallest absolute Gasteiger partial charge is 0.256 e. The summed E-state index contributed by atoms with van der Waals surface area (Å²) in [5.74, 6) is -0.0761. The Morgan fingerprint density at radius 3 is 2.44 bits per heavy atom. The number of nitrogens with two attached hydrogens (primary N) is 1. The standard InChI is InChI=1S/C9H15N5O2S2/c1-4-7(8(10)17)18(15,16)14-9-11-5(2)6(3)12-13-9/h7H,4H2,1-3H3,(H2,10,17)(H,11,13,14). The molecule has 0 aliphatic carbocycles. The lowest BCUT2D eigenvalue weighted by Crippen LogP contribution is -2.38. The van der Waals surface area contributed by atoms with Gasteiger partial charge in [-0.05, 0) is 20.3 Å². The van der Waals surface area contributed by atoms with Gasteiger partial charge in [0, 0.05) is 0 Å². The molecule has 0 spiro atoms. The van der Waals surface area contributed by atoms with Gasteiger partial charge in [0.15, 0.2) is 0 Å². The first-order chi connectivity index (χ1) is 8.27. The molecule has 1 rings (SSSR count). The van der Waals surface area contributed by atoms with Gasteiger partial charge < -0.3 is 5.73 Å². The fourth-order valence-electron chi connectivity index (χ4n) is 1.27. The van der Waals surface area contributed by atoms with Gasteiger partial charge in [-0.1, -0.05) is 19.1 Å². The van der Waals surface area contributed by atoms with Crippen LogP contribution in [-0.2, 0) is 10.0 Å². The Morgan fingerprint density at radius 1 is 1.39 bits per heavy atom. The number of anilines is 1. The molecule has 7 nitrogen and oxygen atoms in total. The zero-order valence-electron chi connectivity index (χ0n) is 10.3. The summed E-state index contributed by atoms with van der Waals surface area (Å²) in [4.78, 5) is 3.90. The summed E-state index contributed by atoms with van der Waals surface area (Å²) in [7, 11) is -3.74. The Kier molecular flexibility index (Phi) is 4.52. The molecule has 100 valence electrons. The highest BCUT2D eigenvalue weighted by atomic mass is 32.2. The normalized spacial score (nSPS) is 13.1. The van der Waals surface area contributed by atoms with Crippen LogP contribution in [0.15, 0.2) is 0 Å². The minimum Gasteiger partial charge on any atom is -0.392 e. The number of hydrogen-bond acceptors (Lipinski definition) is 6. The van der Waals surface area contributed by atoms with E-state index in [0.29, 0.717) is 11.4 Å². The van der Waals surface area contributed by atoms with E-state index in [0.717, 1.165) is 0 Å². The second-order valence-corrected chi connectivity index (χ2v) is 6.09. The third-order valence-corrected chi connectivity index (χ3v) is 4.63. The van der Waals surface area contributed by atoms with Gasteiger partial charge in [-0.2, -0.15) is 5.10 Å². The molecule has 1 atom stereocenters. The third-order valence-electron chi connectivity index (χ3n) is 2.39. The zero-order chi connectivity index (χ0) is 13.9. The second kappa shape index (κ2) is 5.53. The van der Waals surface area contributed by atoms with Crippen LogP contribution in [0.1, 0.15) is 24.7 Å². The summed E-state index contributed by atoms with van der Waals surface area (Å²) >= 11 is 4.73. The van der Waals surface area contributed by atoms with Crippen LogP contribution >= 0.6 is 12.2 Å². The lowest BCUT2D eigenvalue weighted by Gasteiger charge is -2.14. The SMILES string of the molecule is CCC(C(N)=S)S(=O)(=O)Nc1nnc(C)c(C)n1. The number of sulfonamides is 1. The third kappa shape index (κ3) is 3.33. The van der Waals surface area contributed by atoms with Crippen LogP contribution in [0.5, 0.6) is 0 Å². The predicted molar refractivity (Wildman–Crippen MR) is 72.7 cm³/mol. The van der Waals surface area contributed by atoms with Gasteiger partial charge in [-0.25, -0.2) is 18.1 Å². The van der Waals surface area contributed by atoms with E-state index in [4.69, 9.17) is 18.0 Å². The molecule has 0 bridgehead atoms. The molecule has 0 saturated carbocycles. The van der Waals surface area contributed by atoms with Crippen LogP contribution in [0.25, 0.3) is 0 Å². The van der Waals surface area contributed by atoms with E-state index < -0.39 is 15.3 Å². The molecule has 0 amide bonds. The summed E-state index contributed by atoms with van der Waals surface area (Å²) in [6, 6.07) is 0. The van der Waals surface area contributed by atoms with Crippen molar-refractivity contribution >= 4 is 33.2 Å². The number of nitrogens with one attached hydrogen (secondary N) is 1. The van der Waals surface area contributed by atoms with E-state index in [-0.39, 0.29) is 17.4 Å². The summed E-state index contributed by atoms with van der Waals surface area (Å²) in [5, 5.41) is 6.51. The van der Waals surface area contributed by atoms with Crippen molar-refractivity contribution in [2.45, 2.75) is 32.4 Å². The van der Waals surface area contributed by atoms with Gasteiger partial charge >= 0.3 is 0 Å². The molecule has 0 saturated heterocycles. The van der Waals surface area contributed by atoms with Crippen molar-refractivity contribution in [3.63, 3.8) is 0 Å². The van der Waals surface area contributed by atoms with Gasteiger partial charge in [0.25, 0.3) is 5.95 Å². The minimum absolute atomic E-state index is 0.0761.